The Balaban J connectivity index is 3.04. The van der Waals surface area contributed by atoms with Crippen molar-refractivity contribution in [1.29, 1.82) is 5.26 Å². The lowest BCUT2D eigenvalue weighted by Crippen LogP contribution is -1.85. The van der Waals surface area contributed by atoms with E-state index in [0.29, 0.717) is 0 Å². The maximum Gasteiger partial charge on any atom is 0.0652 e. The molecule has 0 aromatic heterocycles. The molecule has 0 spiro atoms. The molecule has 0 heterocycles. The van der Waals surface area contributed by atoms with Gasteiger partial charge in [0.1, 0.15) is 0 Å². The van der Waals surface area contributed by atoms with Crippen molar-refractivity contribution >= 4 is 0 Å². The van der Waals surface area contributed by atoms with E-state index < -0.39 is 0 Å². The fourth-order valence-electron chi connectivity index (χ4n) is 0.498. The number of hydrogen-bond acceptors (Lipinski definition) is 1. The first-order chi connectivity index (χ1) is 3.31. The highest BCUT2D eigenvalue weighted by Crippen LogP contribution is 2.00. The molecular weight excluding hydrogens is 86.1 g/mol. The average Bonchev–Trinajstić information content (AvgIpc) is 1.68. The van der Waals surface area contributed by atoms with Crippen molar-refractivity contribution in [3.63, 3.8) is 0 Å². The summed E-state index contributed by atoms with van der Waals surface area (Å²) in [5.74, 6) is 0.255. The van der Waals surface area contributed by atoms with E-state index in [4.69, 9.17) is 5.26 Å². The molecule has 0 aliphatic carbocycles. The van der Waals surface area contributed by atoms with Crippen molar-refractivity contribution < 1.29 is 0 Å². The SMILES string of the molecule is CCC[C@@H](C)C#N. The van der Waals surface area contributed by atoms with Gasteiger partial charge in [-0.1, -0.05) is 13.3 Å². The van der Waals surface area contributed by atoms with E-state index >= 15 is 0 Å². The normalized spacial score (nSPS) is 12.7. The van der Waals surface area contributed by atoms with Gasteiger partial charge in [-0.2, -0.15) is 5.26 Å². The Hall–Kier alpha value is -0.510. The predicted octanol–water partition coefficient (Wildman–Crippen LogP) is 1.95. The first-order valence-corrected chi connectivity index (χ1v) is 2.70. The van der Waals surface area contributed by atoms with Crippen LogP contribution in [0.3, 0.4) is 0 Å². The summed E-state index contributed by atoms with van der Waals surface area (Å²) in [5.41, 5.74) is 0. The molecule has 7 heavy (non-hydrogen) atoms. The van der Waals surface area contributed by atoms with Gasteiger partial charge in [-0.3, -0.25) is 0 Å². The summed E-state index contributed by atoms with van der Waals surface area (Å²) in [6.45, 7) is 4.04. The van der Waals surface area contributed by atoms with Crippen molar-refractivity contribution in [2.45, 2.75) is 26.7 Å². The second-order valence-electron chi connectivity index (χ2n) is 1.82. The highest BCUT2D eigenvalue weighted by Gasteiger charge is 1.92. The molecule has 0 bridgehead atoms. The Morgan fingerprint density at radius 3 is 2.43 bits per heavy atom. The van der Waals surface area contributed by atoms with Gasteiger partial charge in [0.05, 0.1) is 6.07 Å². The zero-order chi connectivity index (χ0) is 5.70. The van der Waals surface area contributed by atoms with Crippen LogP contribution in [-0.2, 0) is 0 Å². The van der Waals surface area contributed by atoms with Crippen LogP contribution in [0.2, 0.25) is 0 Å². The second kappa shape index (κ2) is 3.67. The van der Waals surface area contributed by atoms with E-state index in [1.807, 2.05) is 6.92 Å². The van der Waals surface area contributed by atoms with Gasteiger partial charge in [0.2, 0.25) is 0 Å². The third-order valence-electron chi connectivity index (χ3n) is 0.942. The standard InChI is InChI=1S/C6H11N/c1-3-4-6(2)5-7/h6H,3-4H2,1-2H3/t6-/m1/s1. The molecule has 0 N–H and O–H groups in total. The van der Waals surface area contributed by atoms with E-state index in [9.17, 15) is 0 Å². The van der Waals surface area contributed by atoms with Crippen LogP contribution in [-0.4, -0.2) is 0 Å². The highest BCUT2D eigenvalue weighted by atomic mass is 14.2. The minimum Gasteiger partial charge on any atom is -0.198 e. The van der Waals surface area contributed by atoms with Gasteiger partial charge < -0.3 is 0 Å². The summed E-state index contributed by atoms with van der Waals surface area (Å²) in [5, 5.41) is 8.22. The quantitative estimate of drug-likeness (QED) is 0.516. The molecule has 0 radical (unpaired) electrons. The molecule has 1 heteroatoms. The van der Waals surface area contributed by atoms with E-state index in [-0.39, 0.29) is 5.92 Å². The zero-order valence-electron chi connectivity index (χ0n) is 4.94. The van der Waals surface area contributed by atoms with Crippen molar-refractivity contribution in [3.8, 4) is 6.07 Å². The molecule has 40 valence electrons. The fourth-order valence-corrected chi connectivity index (χ4v) is 0.498. The zero-order valence-corrected chi connectivity index (χ0v) is 4.94. The highest BCUT2D eigenvalue weighted by molar-refractivity contribution is 4.77. The Morgan fingerprint density at radius 1 is 1.71 bits per heavy atom. The van der Waals surface area contributed by atoms with Crippen molar-refractivity contribution in [3.05, 3.63) is 0 Å². The topological polar surface area (TPSA) is 23.8 Å². The van der Waals surface area contributed by atoms with Crippen LogP contribution in [0.25, 0.3) is 0 Å². The minimum atomic E-state index is 0.255. The van der Waals surface area contributed by atoms with Crippen LogP contribution in [0.4, 0.5) is 0 Å². The first-order valence-electron chi connectivity index (χ1n) is 2.70. The Bertz CT molecular complexity index is 70.7. The summed E-state index contributed by atoms with van der Waals surface area (Å²) in [6, 6.07) is 2.17. The van der Waals surface area contributed by atoms with E-state index in [0.717, 1.165) is 12.8 Å². The Morgan fingerprint density at radius 2 is 2.29 bits per heavy atom. The smallest absolute Gasteiger partial charge is 0.0652 e. The Kier molecular flexibility index (Phi) is 3.40. The molecule has 0 fully saturated rings. The first kappa shape index (κ1) is 6.49. The summed E-state index contributed by atoms with van der Waals surface area (Å²) in [6.07, 6.45) is 2.16. The third kappa shape index (κ3) is 3.32. The van der Waals surface area contributed by atoms with Gasteiger partial charge in [-0.15, -0.1) is 0 Å². The van der Waals surface area contributed by atoms with Crippen LogP contribution in [0.15, 0.2) is 0 Å². The van der Waals surface area contributed by atoms with E-state index in [1.165, 1.54) is 0 Å². The van der Waals surface area contributed by atoms with E-state index in [2.05, 4.69) is 13.0 Å². The lowest BCUT2D eigenvalue weighted by molar-refractivity contribution is 0.646. The maximum absolute atomic E-state index is 8.22. The molecule has 0 rings (SSSR count). The summed E-state index contributed by atoms with van der Waals surface area (Å²) in [4.78, 5) is 0. The second-order valence-corrected chi connectivity index (χ2v) is 1.82. The van der Waals surface area contributed by atoms with Gasteiger partial charge in [0.25, 0.3) is 0 Å². The molecule has 1 atom stereocenters. The van der Waals surface area contributed by atoms with Gasteiger partial charge >= 0.3 is 0 Å². The molecule has 0 aromatic rings. The molecule has 0 aliphatic heterocycles. The van der Waals surface area contributed by atoms with Crippen LogP contribution in [0.1, 0.15) is 26.7 Å². The van der Waals surface area contributed by atoms with E-state index in [1.54, 1.807) is 0 Å². The lowest BCUT2D eigenvalue weighted by Gasteiger charge is -1.92. The molecule has 0 saturated carbocycles. The fraction of sp³-hybridized carbons (Fsp3) is 0.833. The number of hydrogen-bond donors (Lipinski definition) is 0. The minimum absolute atomic E-state index is 0.255. The van der Waals surface area contributed by atoms with Crippen LogP contribution in [0, 0.1) is 17.2 Å². The van der Waals surface area contributed by atoms with Gasteiger partial charge in [-0.25, -0.2) is 0 Å². The maximum atomic E-state index is 8.22. The van der Waals surface area contributed by atoms with Gasteiger partial charge in [0, 0.05) is 5.92 Å². The van der Waals surface area contributed by atoms with Crippen molar-refractivity contribution in [2.24, 2.45) is 5.92 Å². The molecule has 1 nitrogen and oxygen atoms in total. The average molecular weight is 97.2 g/mol. The molecule has 0 amide bonds. The lowest BCUT2D eigenvalue weighted by atomic mass is 10.1. The van der Waals surface area contributed by atoms with Crippen LogP contribution >= 0.6 is 0 Å². The molecular formula is C6H11N. The molecule has 0 unspecified atom stereocenters. The summed E-state index contributed by atoms with van der Waals surface area (Å²) in [7, 11) is 0. The van der Waals surface area contributed by atoms with Crippen LogP contribution < -0.4 is 0 Å². The van der Waals surface area contributed by atoms with Gasteiger partial charge in [-0.05, 0) is 13.3 Å². The Labute approximate surface area is 45.0 Å². The summed E-state index contributed by atoms with van der Waals surface area (Å²) < 4.78 is 0. The largest absolute Gasteiger partial charge is 0.198 e. The third-order valence-corrected chi connectivity index (χ3v) is 0.942. The molecule has 0 saturated heterocycles. The van der Waals surface area contributed by atoms with Crippen molar-refractivity contribution in [1.82, 2.24) is 0 Å². The summed E-state index contributed by atoms with van der Waals surface area (Å²) >= 11 is 0. The number of nitrogens with zero attached hydrogens (tertiary/aromatic N) is 1. The predicted molar refractivity (Wildman–Crippen MR) is 29.7 cm³/mol. The van der Waals surface area contributed by atoms with Gasteiger partial charge in [0.15, 0.2) is 0 Å². The molecule has 0 aliphatic rings. The number of nitriles is 1. The number of rotatable bonds is 2. The molecule has 0 aromatic carbocycles. The van der Waals surface area contributed by atoms with Crippen LogP contribution in [0.5, 0.6) is 0 Å². The van der Waals surface area contributed by atoms with Crippen molar-refractivity contribution in [2.75, 3.05) is 0 Å². The monoisotopic (exact) mass is 97.1 g/mol.